The van der Waals surface area contributed by atoms with Crippen molar-refractivity contribution in [3.8, 4) is 0 Å². The highest BCUT2D eigenvalue weighted by Crippen LogP contribution is 2.25. The maximum atomic E-state index is 13.1. The molecule has 0 aromatic carbocycles. The van der Waals surface area contributed by atoms with Crippen molar-refractivity contribution in [2.24, 2.45) is 0 Å². The van der Waals surface area contributed by atoms with Crippen LogP contribution in [0.25, 0.3) is 0 Å². The third-order valence-electron chi connectivity index (χ3n) is 2.34. The number of aliphatic hydroxyl groups is 1. The number of anilines is 1. The van der Waals surface area contributed by atoms with E-state index in [4.69, 9.17) is 15.6 Å². The number of ether oxygens (including phenoxy) is 1. The first-order valence-electron chi connectivity index (χ1n) is 5.00. The first-order valence-corrected chi connectivity index (χ1v) is 6.05. The normalized spacial score (nSPS) is 24.1. The van der Waals surface area contributed by atoms with Gasteiger partial charge in [0.25, 0.3) is 0 Å². The molecule has 0 radical (unpaired) electrons. The third kappa shape index (κ3) is 2.76. The molecule has 1 fully saturated rings. The highest BCUT2D eigenvalue weighted by molar-refractivity contribution is 8.00. The zero-order valence-corrected chi connectivity index (χ0v) is 9.69. The molecule has 1 aromatic heterocycles. The summed E-state index contributed by atoms with van der Waals surface area (Å²) in [5, 5.41) is 8.88. The fourth-order valence-electron chi connectivity index (χ4n) is 1.53. The molecule has 0 saturated carbocycles. The first-order chi connectivity index (χ1) is 8.10. The SMILES string of the molecule is Nc1nc(=O)n(C[C@@H]2CS[C@H](CO)O2)cc1F. The van der Waals surface area contributed by atoms with Crippen molar-refractivity contribution in [2.75, 3.05) is 18.1 Å². The van der Waals surface area contributed by atoms with Gasteiger partial charge in [0.05, 0.1) is 19.3 Å². The largest absolute Gasteiger partial charge is 0.393 e. The average molecular weight is 261 g/mol. The molecular formula is C9H12FN3O3S. The summed E-state index contributed by atoms with van der Waals surface area (Å²) >= 11 is 1.46. The van der Waals surface area contributed by atoms with E-state index in [1.807, 2.05) is 0 Å². The van der Waals surface area contributed by atoms with E-state index in [1.54, 1.807) is 0 Å². The van der Waals surface area contributed by atoms with Crippen LogP contribution in [0.2, 0.25) is 0 Å². The van der Waals surface area contributed by atoms with Crippen molar-refractivity contribution < 1.29 is 14.2 Å². The zero-order chi connectivity index (χ0) is 12.4. The number of aliphatic hydroxyl groups excluding tert-OH is 1. The summed E-state index contributed by atoms with van der Waals surface area (Å²) in [7, 11) is 0. The highest BCUT2D eigenvalue weighted by Gasteiger charge is 2.26. The Hall–Kier alpha value is -1.12. The number of thioether (sulfide) groups is 1. The molecule has 1 aromatic rings. The summed E-state index contributed by atoms with van der Waals surface area (Å²) < 4.78 is 19.7. The van der Waals surface area contributed by atoms with Gasteiger partial charge in [0, 0.05) is 11.9 Å². The Morgan fingerprint density at radius 3 is 3.18 bits per heavy atom. The first kappa shape index (κ1) is 12.3. The lowest BCUT2D eigenvalue weighted by Gasteiger charge is -2.12. The maximum Gasteiger partial charge on any atom is 0.349 e. The maximum absolute atomic E-state index is 13.1. The number of hydrogen-bond donors (Lipinski definition) is 2. The van der Waals surface area contributed by atoms with Gasteiger partial charge in [-0.3, -0.25) is 4.57 Å². The van der Waals surface area contributed by atoms with E-state index in [0.717, 1.165) is 10.8 Å². The Bertz CT molecular complexity index is 467. The monoisotopic (exact) mass is 261 g/mol. The Kier molecular flexibility index (Phi) is 3.65. The number of nitrogens with two attached hydrogens (primary N) is 1. The van der Waals surface area contributed by atoms with E-state index in [2.05, 4.69) is 4.98 Å². The standard InChI is InChI=1S/C9H12FN3O3S/c10-6-2-13(9(15)12-8(6)11)1-5-4-17-7(3-14)16-5/h2,5,7,14H,1,3-4H2,(H2,11,12,15)/t5-,7-/m1/s1. The zero-order valence-electron chi connectivity index (χ0n) is 8.88. The lowest BCUT2D eigenvalue weighted by atomic mass is 10.4. The van der Waals surface area contributed by atoms with Crippen molar-refractivity contribution >= 4 is 17.6 Å². The third-order valence-corrected chi connectivity index (χ3v) is 3.53. The topological polar surface area (TPSA) is 90.4 Å². The van der Waals surface area contributed by atoms with Gasteiger partial charge in [0.15, 0.2) is 11.6 Å². The van der Waals surface area contributed by atoms with E-state index in [0.29, 0.717) is 5.75 Å². The number of hydrogen-bond acceptors (Lipinski definition) is 6. The number of halogens is 1. The summed E-state index contributed by atoms with van der Waals surface area (Å²) in [4.78, 5) is 14.8. The van der Waals surface area contributed by atoms with Crippen LogP contribution in [0.4, 0.5) is 10.2 Å². The molecule has 2 rings (SSSR count). The van der Waals surface area contributed by atoms with Crippen molar-refractivity contribution in [1.29, 1.82) is 0 Å². The van der Waals surface area contributed by atoms with Crippen LogP contribution in [-0.4, -0.2) is 38.6 Å². The van der Waals surface area contributed by atoms with Gasteiger partial charge in [0.2, 0.25) is 0 Å². The van der Waals surface area contributed by atoms with Gasteiger partial charge in [-0.25, -0.2) is 9.18 Å². The van der Waals surface area contributed by atoms with Crippen LogP contribution in [0.15, 0.2) is 11.0 Å². The predicted octanol–water partition coefficient (Wildman–Crippen LogP) is -0.585. The van der Waals surface area contributed by atoms with E-state index in [1.165, 1.54) is 11.8 Å². The molecule has 2 heterocycles. The van der Waals surface area contributed by atoms with Gasteiger partial charge in [-0.15, -0.1) is 11.8 Å². The molecule has 17 heavy (non-hydrogen) atoms. The van der Waals surface area contributed by atoms with Crippen molar-refractivity contribution in [2.45, 2.75) is 18.1 Å². The number of nitrogens with zero attached hydrogens (tertiary/aromatic N) is 2. The Labute approximate surface area is 101 Å². The molecule has 1 saturated heterocycles. The fourth-order valence-corrected chi connectivity index (χ4v) is 2.48. The number of rotatable bonds is 3. The van der Waals surface area contributed by atoms with Gasteiger partial charge in [-0.2, -0.15) is 4.98 Å². The molecule has 2 atom stereocenters. The summed E-state index contributed by atoms with van der Waals surface area (Å²) in [6.45, 7) is 0.122. The lowest BCUT2D eigenvalue weighted by Crippen LogP contribution is -2.30. The van der Waals surface area contributed by atoms with Crippen LogP contribution in [0.1, 0.15) is 0 Å². The smallest absolute Gasteiger partial charge is 0.349 e. The minimum atomic E-state index is -0.728. The van der Waals surface area contributed by atoms with Crippen LogP contribution < -0.4 is 11.4 Å². The van der Waals surface area contributed by atoms with Crippen LogP contribution >= 0.6 is 11.8 Å². The minimum Gasteiger partial charge on any atom is -0.393 e. The van der Waals surface area contributed by atoms with Gasteiger partial charge >= 0.3 is 5.69 Å². The second kappa shape index (κ2) is 5.03. The van der Waals surface area contributed by atoms with Crippen LogP contribution in [-0.2, 0) is 11.3 Å². The van der Waals surface area contributed by atoms with Gasteiger partial charge < -0.3 is 15.6 Å². The number of nitrogen functional groups attached to an aromatic ring is 1. The van der Waals surface area contributed by atoms with Crippen molar-refractivity contribution in [1.82, 2.24) is 9.55 Å². The van der Waals surface area contributed by atoms with E-state index in [9.17, 15) is 9.18 Å². The van der Waals surface area contributed by atoms with Crippen molar-refractivity contribution in [3.05, 3.63) is 22.5 Å². The summed E-state index contributed by atoms with van der Waals surface area (Å²) in [5.41, 5.74) is 4.29. The van der Waals surface area contributed by atoms with Gasteiger partial charge in [-0.05, 0) is 0 Å². The van der Waals surface area contributed by atoms with Crippen LogP contribution in [0.3, 0.4) is 0 Å². The molecule has 0 aliphatic carbocycles. The van der Waals surface area contributed by atoms with E-state index < -0.39 is 17.3 Å². The van der Waals surface area contributed by atoms with Crippen LogP contribution in [0, 0.1) is 5.82 Å². The molecule has 8 heteroatoms. The fraction of sp³-hybridized carbons (Fsp3) is 0.556. The van der Waals surface area contributed by atoms with Crippen molar-refractivity contribution in [3.63, 3.8) is 0 Å². The molecular weight excluding hydrogens is 249 g/mol. The summed E-state index contributed by atoms with van der Waals surface area (Å²) in [6, 6.07) is 0. The average Bonchev–Trinajstić information content (AvgIpc) is 2.73. The summed E-state index contributed by atoms with van der Waals surface area (Å²) in [6.07, 6.45) is 0.782. The molecule has 0 unspecified atom stereocenters. The number of aromatic nitrogens is 2. The van der Waals surface area contributed by atoms with Gasteiger partial charge in [-0.1, -0.05) is 0 Å². The van der Waals surface area contributed by atoms with Gasteiger partial charge in [0.1, 0.15) is 5.44 Å². The quantitative estimate of drug-likeness (QED) is 0.756. The molecule has 0 amide bonds. The summed E-state index contributed by atoms with van der Waals surface area (Å²) in [5.74, 6) is -0.487. The molecule has 1 aliphatic rings. The predicted molar refractivity (Wildman–Crippen MR) is 61.1 cm³/mol. The minimum absolute atomic E-state index is 0.0790. The molecule has 0 bridgehead atoms. The second-order valence-corrected chi connectivity index (χ2v) is 4.81. The van der Waals surface area contributed by atoms with E-state index >= 15 is 0 Å². The molecule has 0 spiro atoms. The molecule has 3 N–H and O–H groups in total. The highest BCUT2D eigenvalue weighted by atomic mass is 32.2. The Balaban J connectivity index is 2.09. The van der Waals surface area contributed by atoms with Crippen LogP contribution in [0.5, 0.6) is 0 Å². The molecule has 6 nitrogen and oxygen atoms in total. The van der Waals surface area contributed by atoms with E-state index in [-0.39, 0.29) is 24.7 Å². The lowest BCUT2D eigenvalue weighted by molar-refractivity contribution is 0.0260. The Morgan fingerprint density at radius 2 is 2.53 bits per heavy atom. The Morgan fingerprint density at radius 1 is 1.76 bits per heavy atom. The molecule has 1 aliphatic heterocycles. The second-order valence-electron chi connectivity index (χ2n) is 3.61. The molecule has 94 valence electrons.